The Hall–Kier alpha value is -3.27. The third-order valence-electron chi connectivity index (χ3n) is 5.69. The Morgan fingerprint density at radius 3 is 2.48 bits per heavy atom. The summed E-state index contributed by atoms with van der Waals surface area (Å²) in [5.41, 5.74) is 4.64. The standard InChI is InChI=1S/C27H30N2O2/c1-20-12-11-17-26(21(20)2)30-19-10-9-18-29-25-16-8-7-15-24(25)28-27(29)22(3)31-23-13-5-4-6-14-23/h4-8,11-17,22H,9-10,18-19H2,1-3H3. The lowest BCUT2D eigenvalue weighted by Gasteiger charge is -2.17. The summed E-state index contributed by atoms with van der Waals surface area (Å²) in [6.07, 6.45) is 1.85. The fourth-order valence-electron chi connectivity index (χ4n) is 3.83. The minimum Gasteiger partial charge on any atom is -0.493 e. The molecule has 160 valence electrons. The van der Waals surface area contributed by atoms with Gasteiger partial charge >= 0.3 is 0 Å². The summed E-state index contributed by atoms with van der Waals surface area (Å²) in [6.45, 7) is 7.89. The molecule has 0 spiro atoms. The highest BCUT2D eigenvalue weighted by Crippen LogP contribution is 2.26. The normalized spacial score (nSPS) is 12.1. The molecule has 3 aromatic carbocycles. The van der Waals surface area contributed by atoms with Crippen LogP contribution in [0.15, 0.2) is 72.8 Å². The van der Waals surface area contributed by atoms with E-state index in [1.165, 1.54) is 11.1 Å². The van der Waals surface area contributed by atoms with E-state index in [-0.39, 0.29) is 6.10 Å². The lowest BCUT2D eigenvalue weighted by Crippen LogP contribution is -2.12. The first-order valence-electron chi connectivity index (χ1n) is 11.0. The van der Waals surface area contributed by atoms with Gasteiger partial charge < -0.3 is 14.0 Å². The van der Waals surface area contributed by atoms with Crippen molar-refractivity contribution < 1.29 is 9.47 Å². The van der Waals surface area contributed by atoms with Crippen molar-refractivity contribution in [3.05, 3.63) is 89.7 Å². The maximum absolute atomic E-state index is 6.17. The van der Waals surface area contributed by atoms with Crippen molar-refractivity contribution in [3.63, 3.8) is 0 Å². The number of ether oxygens (including phenoxy) is 2. The third-order valence-corrected chi connectivity index (χ3v) is 5.69. The van der Waals surface area contributed by atoms with Crippen LogP contribution < -0.4 is 9.47 Å². The summed E-state index contributed by atoms with van der Waals surface area (Å²) in [7, 11) is 0. The summed E-state index contributed by atoms with van der Waals surface area (Å²) in [6, 6.07) is 24.4. The molecular formula is C27H30N2O2. The molecule has 4 nitrogen and oxygen atoms in total. The van der Waals surface area contributed by atoms with Crippen molar-refractivity contribution in [3.8, 4) is 11.5 Å². The van der Waals surface area contributed by atoms with E-state index in [1.54, 1.807) is 0 Å². The fourth-order valence-corrected chi connectivity index (χ4v) is 3.83. The summed E-state index contributed by atoms with van der Waals surface area (Å²) >= 11 is 0. The second-order valence-electron chi connectivity index (χ2n) is 7.94. The molecule has 1 aromatic heterocycles. The fraction of sp³-hybridized carbons (Fsp3) is 0.296. The molecule has 31 heavy (non-hydrogen) atoms. The number of para-hydroxylation sites is 3. The predicted octanol–water partition coefficient (Wildman–Crippen LogP) is 6.65. The minimum absolute atomic E-state index is 0.138. The third kappa shape index (κ3) is 4.91. The Kier molecular flexibility index (Phi) is 6.56. The molecule has 1 atom stereocenters. The van der Waals surface area contributed by atoms with Gasteiger partial charge in [0.2, 0.25) is 0 Å². The Morgan fingerprint density at radius 2 is 1.65 bits per heavy atom. The number of aromatic nitrogens is 2. The van der Waals surface area contributed by atoms with Crippen LogP contribution in [0.1, 0.15) is 42.8 Å². The van der Waals surface area contributed by atoms with Crippen LogP contribution in [-0.4, -0.2) is 16.2 Å². The maximum atomic E-state index is 6.17. The first kappa shape index (κ1) is 21.0. The highest BCUT2D eigenvalue weighted by atomic mass is 16.5. The zero-order valence-electron chi connectivity index (χ0n) is 18.5. The summed E-state index contributed by atoms with van der Waals surface area (Å²) in [4.78, 5) is 4.88. The van der Waals surface area contributed by atoms with Gasteiger partial charge in [-0.25, -0.2) is 4.98 Å². The van der Waals surface area contributed by atoms with Gasteiger partial charge in [-0.15, -0.1) is 0 Å². The van der Waals surface area contributed by atoms with E-state index in [4.69, 9.17) is 14.5 Å². The second-order valence-corrected chi connectivity index (χ2v) is 7.94. The van der Waals surface area contributed by atoms with Gasteiger partial charge in [0.05, 0.1) is 17.6 Å². The Labute approximate surface area is 184 Å². The van der Waals surface area contributed by atoms with E-state index in [0.29, 0.717) is 6.61 Å². The van der Waals surface area contributed by atoms with Crippen LogP contribution >= 0.6 is 0 Å². The number of unbranched alkanes of at least 4 members (excludes halogenated alkanes) is 1. The van der Waals surface area contributed by atoms with Crippen molar-refractivity contribution in [1.82, 2.24) is 9.55 Å². The van der Waals surface area contributed by atoms with Gasteiger partial charge in [-0.1, -0.05) is 42.5 Å². The van der Waals surface area contributed by atoms with E-state index in [0.717, 1.165) is 47.7 Å². The molecule has 0 N–H and O–H groups in total. The van der Waals surface area contributed by atoms with Crippen molar-refractivity contribution in [2.24, 2.45) is 0 Å². The van der Waals surface area contributed by atoms with Crippen LogP contribution in [0.25, 0.3) is 11.0 Å². The Bertz CT molecular complexity index is 1130. The van der Waals surface area contributed by atoms with Crippen molar-refractivity contribution >= 4 is 11.0 Å². The van der Waals surface area contributed by atoms with Crippen LogP contribution in [0.3, 0.4) is 0 Å². The predicted molar refractivity (Wildman–Crippen MR) is 126 cm³/mol. The SMILES string of the molecule is Cc1cccc(OCCCCn2c(C(C)Oc3ccccc3)nc3ccccc32)c1C. The van der Waals surface area contributed by atoms with E-state index in [2.05, 4.69) is 55.7 Å². The monoisotopic (exact) mass is 414 g/mol. The molecule has 4 heteroatoms. The summed E-state index contributed by atoms with van der Waals surface area (Å²) < 4.78 is 14.5. The quantitative estimate of drug-likeness (QED) is 0.288. The van der Waals surface area contributed by atoms with Gasteiger partial charge in [0.1, 0.15) is 11.5 Å². The molecule has 0 amide bonds. The molecule has 0 fully saturated rings. The van der Waals surface area contributed by atoms with Gasteiger partial charge in [-0.3, -0.25) is 0 Å². The number of hydrogen-bond donors (Lipinski definition) is 0. The number of rotatable bonds is 9. The summed E-state index contributed by atoms with van der Waals surface area (Å²) in [5.74, 6) is 2.80. The van der Waals surface area contributed by atoms with Gasteiger partial charge in [-0.05, 0) is 75.1 Å². The average Bonchev–Trinajstić information content (AvgIpc) is 3.16. The Balaban J connectivity index is 1.42. The van der Waals surface area contributed by atoms with Crippen LogP contribution in [0.2, 0.25) is 0 Å². The van der Waals surface area contributed by atoms with Gasteiger partial charge in [-0.2, -0.15) is 0 Å². The maximum Gasteiger partial charge on any atom is 0.153 e. The topological polar surface area (TPSA) is 36.3 Å². The minimum atomic E-state index is -0.138. The molecule has 0 aliphatic heterocycles. The molecule has 4 rings (SSSR count). The van der Waals surface area contributed by atoms with Gasteiger partial charge in [0, 0.05) is 6.54 Å². The molecule has 0 aliphatic rings. The van der Waals surface area contributed by atoms with Gasteiger partial charge in [0.15, 0.2) is 11.9 Å². The molecule has 0 aliphatic carbocycles. The molecule has 1 heterocycles. The lowest BCUT2D eigenvalue weighted by molar-refractivity contribution is 0.211. The molecule has 0 radical (unpaired) electrons. The smallest absolute Gasteiger partial charge is 0.153 e. The highest BCUT2D eigenvalue weighted by Gasteiger charge is 2.18. The van der Waals surface area contributed by atoms with E-state index in [1.807, 2.05) is 42.5 Å². The van der Waals surface area contributed by atoms with E-state index < -0.39 is 0 Å². The van der Waals surface area contributed by atoms with Gasteiger partial charge in [0.25, 0.3) is 0 Å². The number of hydrogen-bond acceptors (Lipinski definition) is 3. The lowest BCUT2D eigenvalue weighted by atomic mass is 10.1. The van der Waals surface area contributed by atoms with E-state index >= 15 is 0 Å². The van der Waals surface area contributed by atoms with Crippen molar-refractivity contribution in [1.29, 1.82) is 0 Å². The molecular weight excluding hydrogens is 384 g/mol. The number of benzene rings is 3. The molecule has 1 unspecified atom stereocenters. The first-order valence-corrected chi connectivity index (χ1v) is 11.0. The number of nitrogens with zero attached hydrogens (tertiary/aromatic N) is 2. The number of fused-ring (bicyclic) bond motifs is 1. The van der Waals surface area contributed by atoms with Crippen molar-refractivity contribution in [2.75, 3.05) is 6.61 Å². The zero-order valence-corrected chi connectivity index (χ0v) is 18.5. The van der Waals surface area contributed by atoms with Crippen LogP contribution in [0.5, 0.6) is 11.5 Å². The Morgan fingerprint density at radius 1 is 0.871 bits per heavy atom. The molecule has 0 saturated heterocycles. The average molecular weight is 415 g/mol. The molecule has 4 aromatic rings. The largest absolute Gasteiger partial charge is 0.493 e. The number of aryl methyl sites for hydroxylation is 2. The molecule has 0 bridgehead atoms. The molecule has 0 saturated carbocycles. The summed E-state index contributed by atoms with van der Waals surface area (Å²) in [5, 5.41) is 0. The first-order chi connectivity index (χ1) is 15.1. The second kappa shape index (κ2) is 9.69. The zero-order chi connectivity index (χ0) is 21.6. The van der Waals surface area contributed by atoms with Crippen LogP contribution in [-0.2, 0) is 6.54 Å². The highest BCUT2D eigenvalue weighted by molar-refractivity contribution is 5.76. The number of imidazole rings is 1. The van der Waals surface area contributed by atoms with Crippen LogP contribution in [0.4, 0.5) is 0 Å². The van der Waals surface area contributed by atoms with Crippen LogP contribution in [0, 0.1) is 13.8 Å². The van der Waals surface area contributed by atoms with E-state index in [9.17, 15) is 0 Å². The van der Waals surface area contributed by atoms with Crippen molar-refractivity contribution in [2.45, 2.75) is 46.3 Å².